The number of likely N-dealkylation sites (tertiary alicyclic amines) is 1. The quantitative estimate of drug-likeness (QED) is 0.353. The van der Waals surface area contributed by atoms with Gasteiger partial charge in [0, 0.05) is 61.3 Å². The first kappa shape index (κ1) is 24.2. The van der Waals surface area contributed by atoms with Crippen molar-refractivity contribution in [1.29, 1.82) is 0 Å². The fourth-order valence-corrected chi connectivity index (χ4v) is 5.58. The van der Waals surface area contributed by atoms with Crippen molar-refractivity contribution in [3.05, 3.63) is 59.9 Å². The van der Waals surface area contributed by atoms with Gasteiger partial charge in [0.2, 0.25) is 17.6 Å². The molecule has 1 aliphatic carbocycles. The van der Waals surface area contributed by atoms with Gasteiger partial charge in [0.25, 0.3) is 0 Å². The first-order valence-corrected chi connectivity index (χ1v) is 13.0. The standard InChI is InChI=1S/C29H31N5O4/c1-18-11-13-33(17-23(18)34-14-12-20-16-30-22-6-4-5-21(22)28(20)34)27(35)10-9-26-31-29(32-38-26)19-7-8-24(36-2)25(15-19)37-3/h4-5,7-8,12,14-16,18,23H,6,9-11,13,17H2,1-3H3/t18-,23+/m1/s1. The Hall–Kier alpha value is -4.14. The zero-order chi connectivity index (χ0) is 26.2. The van der Waals surface area contributed by atoms with E-state index < -0.39 is 0 Å². The summed E-state index contributed by atoms with van der Waals surface area (Å²) in [6.07, 6.45) is 11.0. The molecule has 196 valence electrons. The van der Waals surface area contributed by atoms with E-state index in [9.17, 15) is 4.79 Å². The van der Waals surface area contributed by atoms with Crippen molar-refractivity contribution < 1.29 is 18.8 Å². The lowest BCUT2D eigenvalue weighted by Crippen LogP contribution is -2.44. The van der Waals surface area contributed by atoms with E-state index in [2.05, 4.69) is 51.0 Å². The molecule has 9 heteroatoms. The van der Waals surface area contributed by atoms with Crippen LogP contribution in [0.5, 0.6) is 11.5 Å². The van der Waals surface area contributed by atoms with Crippen LogP contribution < -0.4 is 9.47 Å². The van der Waals surface area contributed by atoms with Gasteiger partial charge in [-0.3, -0.25) is 9.78 Å². The average molecular weight is 514 g/mol. The van der Waals surface area contributed by atoms with Crippen LogP contribution in [0, 0.1) is 5.92 Å². The van der Waals surface area contributed by atoms with Gasteiger partial charge >= 0.3 is 0 Å². The summed E-state index contributed by atoms with van der Waals surface area (Å²) in [5, 5.41) is 5.25. The normalized spacial score (nSPS) is 18.7. The van der Waals surface area contributed by atoms with E-state index >= 15 is 0 Å². The largest absolute Gasteiger partial charge is 0.493 e. The zero-order valence-corrected chi connectivity index (χ0v) is 21.9. The van der Waals surface area contributed by atoms with Crippen molar-refractivity contribution in [2.75, 3.05) is 27.3 Å². The molecule has 0 radical (unpaired) electrons. The molecular weight excluding hydrogens is 482 g/mol. The molecule has 1 amide bonds. The SMILES string of the molecule is COc1ccc(-c2noc(CCC(=O)N3CC[C@@H](C)[C@@H](n4ccc5cnc6c(c54)C=CC6)C3)n2)cc1OC. The molecule has 6 rings (SSSR count). The van der Waals surface area contributed by atoms with Crippen molar-refractivity contribution in [3.63, 3.8) is 0 Å². The van der Waals surface area contributed by atoms with Crippen LogP contribution in [-0.4, -0.2) is 57.8 Å². The van der Waals surface area contributed by atoms with Crippen LogP contribution in [-0.2, 0) is 17.6 Å². The second kappa shape index (κ2) is 9.96. The number of aromatic nitrogens is 4. The monoisotopic (exact) mass is 513 g/mol. The van der Waals surface area contributed by atoms with Crippen LogP contribution >= 0.6 is 0 Å². The fourth-order valence-electron chi connectivity index (χ4n) is 5.58. The summed E-state index contributed by atoms with van der Waals surface area (Å²) >= 11 is 0. The summed E-state index contributed by atoms with van der Waals surface area (Å²) in [5.74, 6) is 2.69. The number of methoxy groups -OCH3 is 2. The summed E-state index contributed by atoms with van der Waals surface area (Å²) in [4.78, 5) is 24.4. The van der Waals surface area contributed by atoms with Gasteiger partial charge in [-0.25, -0.2) is 0 Å². The second-order valence-electron chi connectivity index (χ2n) is 10.0. The Labute approximate surface area is 221 Å². The van der Waals surface area contributed by atoms with E-state index in [1.54, 1.807) is 26.4 Å². The Morgan fingerprint density at radius 2 is 2.05 bits per heavy atom. The third kappa shape index (κ3) is 4.31. The van der Waals surface area contributed by atoms with E-state index in [1.165, 1.54) is 11.1 Å². The number of nitrogens with zero attached hydrogens (tertiary/aromatic N) is 5. The van der Waals surface area contributed by atoms with Crippen molar-refractivity contribution in [2.24, 2.45) is 5.92 Å². The first-order valence-electron chi connectivity index (χ1n) is 13.0. The maximum Gasteiger partial charge on any atom is 0.227 e. The maximum absolute atomic E-state index is 13.3. The molecule has 1 aliphatic heterocycles. The molecule has 38 heavy (non-hydrogen) atoms. The predicted octanol–water partition coefficient (Wildman–Crippen LogP) is 4.72. The van der Waals surface area contributed by atoms with Gasteiger partial charge in [-0.05, 0) is 36.6 Å². The minimum absolute atomic E-state index is 0.107. The fraction of sp³-hybridized carbons (Fsp3) is 0.379. The molecule has 0 spiro atoms. The lowest BCUT2D eigenvalue weighted by molar-refractivity contribution is -0.133. The molecule has 9 nitrogen and oxygen atoms in total. The number of hydrogen-bond donors (Lipinski definition) is 0. The highest BCUT2D eigenvalue weighted by atomic mass is 16.5. The number of piperidine rings is 1. The Balaban J connectivity index is 1.14. The summed E-state index contributed by atoms with van der Waals surface area (Å²) in [6.45, 7) is 3.73. The number of ether oxygens (including phenoxy) is 2. The number of carbonyl (C=O) groups is 1. The van der Waals surface area contributed by atoms with E-state index in [-0.39, 0.29) is 11.9 Å². The van der Waals surface area contributed by atoms with Gasteiger partial charge in [-0.2, -0.15) is 4.98 Å². The lowest BCUT2D eigenvalue weighted by Gasteiger charge is -2.38. The van der Waals surface area contributed by atoms with E-state index in [0.717, 1.165) is 36.0 Å². The highest BCUT2D eigenvalue weighted by Crippen LogP contribution is 2.35. The van der Waals surface area contributed by atoms with Crippen LogP contribution in [0.25, 0.3) is 28.4 Å². The highest BCUT2D eigenvalue weighted by Gasteiger charge is 2.31. The molecule has 1 saturated heterocycles. The van der Waals surface area contributed by atoms with Crippen molar-refractivity contribution in [3.8, 4) is 22.9 Å². The van der Waals surface area contributed by atoms with Gasteiger partial charge in [0.15, 0.2) is 11.5 Å². The van der Waals surface area contributed by atoms with Gasteiger partial charge in [0.05, 0.1) is 31.5 Å². The van der Waals surface area contributed by atoms with Gasteiger partial charge < -0.3 is 23.5 Å². The lowest BCUT2D eigenvalue weighted by atomic mass is 9.92. The summed E-state index contributed by atoms with van der Waals surface area (Å²) in [7, 11) is 3.17. The van der Waals surface area contributed by atoms with E-state index in [1.807, 2.05) is 17.2 Å². The topological polar surface area (TPSA) is 95.5 Å². The Bertz CT molecular complexity index is 1520. The number of benzene rings is 1. The van der Waals surface area contributed by atoms with E-state index in [4.69, 9.17) is 14.0 Å². The number of aryl methyl sites for hydroxylation is 1. The maximum atomic E-state index is 13.3. The number of hydrogen-bond acceptors (Lipinski definition) is 7. The molecule has 0 saturated carbocycles. The highest BCUT2D eigenvalue weighted by molar-refractivity contribution is 5.90. The third-order valence-electron chi connectivity index (χ3n) is 7.76. The van der Waals surface area contributed by atoms with Crippen LogP contribution in [0.15, 0.2) is 47.3 Å². The first-order chi connectivity index (χ1) is 18.6. The van der Waals surface area contributed by atoms with Crippen LogP contribution in [0.2, 0.25) is 0 Å². The number of rotatable bonds is 7. The van der Waals surface area contributed by atoms with Crippen molar-refractivity contribution in [1.82, 2.24) is 24.6 Å². The molecule has 1 fully saturated rings. The van der Waals surface area contributed by atoms with Gasteiger partial charge in [0.1, 0.15) is 0 Å². The molecule has 2 atom stereocenters. The third-order valence-corrected chi connectivity index (χ3v) is 7.76. The number of amides is 1. The minimum atomic E-state index is 0.107. The van der Waals surface area contributed by atoms with Crippen LogP contribution in [0.1, 0.15) is 43.0 Å². The molecule has 4 heterocycles. The zero-order valence-electron chi connectivity index (χ0n) is 21.9. The molecule has 1 aromatic carbocycles. The molecular formula is C29H31N5O4. The molecule has 0 bridgehead atoms. The smallest absolute Gasteiger partial charge is 0.227 e. The summed E-state index contributed by atoms with van der Waals surface area (Å²) in [5.41, 5.74) is 4.32. The van der Waals surface area contributed by atoms with E-state index in [0.29, 0.717) is 48.5 Å². The second-order valence-corrected chi connectivity index (χ2v) is 10.0. The van der Waals surface area contributed by atoms with Crippen LogP contribution in [0.4, 0.5) is 0 Å². The van der Waals surface area contributed by atoms with Crippen LogP contribution in [0.3, 0.4) is 0 Å². The minimum Gasteiger partial charge on any atom is -0.493 e. The Kier molecular flexibility index (Phi) is 6.35. The van der Waals surface area contributed by atoms with Crippen molar-refractivity contribution in [2.45, 2.75) is 38.6 Å². The molecule has 0 N–H and O–H groups in total. The molecule has 4 aromatic rings. The summed E-state index contributed by atoms with van der Waals surface area (Å²) in [6, 6.07) is 7.80. The van der Waals surface area contributed by atoms with Crippen molar-refractivity contribution >= 4 is 22.9 Å². The molecule has 2 aliphatic rings. The number of pyridine rings is 1. The molecule has 0 unspecified atom stereocenters. The molecule has 3 aromatic heterocycles. The Morgan fingerprint density at radius 1 is 1.18 bits per heavy atom. The number of fused-ring (bicyclic) bond motifs is 3. The van der Waals surface area contributed by atoms with Gasteiger partial charge in [-0.1, -0.05) is 24.2 Å². The van der Waals surface area contributed by atoms with Gasteiger partial charge in [-0.15, -0.1) is 0 Å². The number of carbonyl (C=O) groups excluding carboxylic acids is 1. The number of allylic oxidation sites excluding steroid dienone is 1. The summed E-state index contributed by atoms with van der Waals surface area (Å²) < 4.78 is 18.5. The average Bonchev–Trinajstić information content (AvgIpc) is 3.70. The predicted molar refractivity (Wildman–Crippen MR) is 143 cm³/mol. The Morgan fingerprint density at radius 3 is 2.89 bits per heavy atom.